The van der Waals surface area contributed by atoms with E-state index in [2.05, 4.69) is 9.97 Å². The molecule has 0 aliphatic heterocycles. The first-order valence-electron chi connectivity index (χ1n) is 3.50. The zero-order valence-electron chi connectivity index (χ0n) is 6.36. The van der Waals surface area contributed by atoms with Crippen molar-refractivity contribution < 1.29 is 5.11 Å². The monoisotopic (exact) mass is 153 g/mol. The summed E-state index contributed by atoms with van der Waals surface area (Å²) in [5.41, 5.74) is 5.93. The van der Waals surface area contributed by atoms with Crippen molar-refractivity contribution in [2.75, 3.05) is 5.73 Å². The first-order chi connectivity index (χ1) is 5.25. The van der Waals surface area contributed by atoms with E-state index < -0.39 is 6.10 Å². The molecule has 60 valence electrons. The fourth-order valence-corrected chi connectivity index (χ4v) is 0.810. The molecule has 3 N–H and O–H groups in total. The van der Waals surface area contributed by atoms with E-state index in [4.69, 9.17) is 5.73 Å². The minimum Gasteiger partial charge on any atom is -0.387 e. The lowest BCUT2D eigenvalue weighted by molar-refractivity contribution is 0.169. The Morgan fingerprint density at radius 2 is 2.18 bits per heavy atom. The van der Waals surface area contributed by atoms with Gasteiger partial charge in [-0.25, -0.2) is 4.98 Å². The molecule has 4 heteroatoms. The van der Waals surface area contributed by atoms with E-state index in [0.29, 0.717) is 17.9 Å². The average Bonchev–Trinajstić information content (AvgIpc) is 2.04. The van der Waals surface area contributed by atoms with E-state index in [9.17, 15) is 5.11 Å². The summed E-state index contributed by atoms with van der Waals surface area (Å²) in [5.74, 6) is 0.307. The molecule has 0 spiro atoms. The van der Waals surface area contributed by atoms with Crippen LogP contribution in [0.25, 0.3) is 0 Å². The SMILES string of the molecule is CCC(O)c1nccnc1N. The van der Waals surface area contributed by atoms with Crippen LogP contribution in [0.5, 0.6) is 0 Å². The molecule has 0 aliphatic carbocycles. The van der Waals surface area contributed by atoms with Crippen molar-refractivity contribution in [3.05, 3.63) is 18.1 Å². The fraction of sp³-hybridized carbons (Fsp3) is 0.429. The Bertz CT molecular complexity index is 239. The molecule has 1 rings (SSSR count). The number of hydrogen-bond donors (Lipinski definition) is 2. The second-order valence-electron chi connectivity index (χ2n) is 2.25. The van der Waals surface area contributed by atoms with Gasteiger partial charge in [0.15, 0.2) is 0 Å². The van der Waals surface area contributed by atoms with Crippen LogP contribution in [0.1, 0.15) is 25.1 Å². The lowest BCUT2D eigenvalue weighted by Gasteiger charge is -2.07. The number of rotatable bonds is 2. The standard InChI is InChI=1S/C7H11N3O/c1-2-5(11)6-7(8)10-4-3-9-6/h3-5,11H,2H2,1H3,(H2,8,10). The number of aliphatic hydroxyl groups excluding tert-OH is 1. The average molecular weight is 153 g/mol. The highest BCUT2D eigenvalue weighted by Gasteiger charge is 2.09. The van der Waals surface area contributed by atoms with Gasteiger partial charge in [0.1, 0.15) is 11.5 Å². The topological polar surface area (TPSA) is 72.0 Å². The van der Waals surface area contributed by atoms with Gasteiger partial charge in [0.05, 0.1) is 6.10 Å². The zero-order chi connectivity index (χ0) is 8.27. The number of hydrogen-bond acceptors (Lipinski definition) is 4. The summed E-state index contributed by atoms with van der Waals surface area (Å²) in [6, 6.07) is 0. The summed E-state index contributed by atoms with van der Waals surface area (Å²) in [6.07, 6.45) is 3.03. The number of aliphatic hydroxyl groups is 1. The molecule has 1 atom stereocenters. The summed E-state index contributed by atoms with van der Waals surface area (Å²) < 4.78 is 0. The second kappa shape index (κ2) is 3.30. The number of nitrogens with zero attached hydrogens (tertiary/aromatic N) is 2. The van der Waals surface area contributed by atoms with Gasteiger partial charge in [-0.3, -0.25) is 4.98 Å². The Hall–Kier alpha value is -1.16. The molecule has 4 nitrogen and oxygen atoms in total. The van der Waals surface area contributed by atoms with Crippen LogP contribution < -0.4 is 5.73 Å². The molecule has 0 aromatic carbocycles. The third kappa shape index (κ3) is 1.65. The second-order valence-corrected chi connectivity index (χ2v) is 2.25. The van der Waals surface area contributed by atoms with Gasteiger partial charge in [-0.2, -0.15) is 0 Å². The van der Waals surface area contributed by atoms with Gasteiger partial charge in [-0.05, 0) is 6.42 Å². The minimum absolute atomic E-state index is 0.307. The lowest BCUT2D eigenvalue weighted by Crippen LogP contribution is -2.05. The molecular formula is C7H11N3O. The Labute approximate surface area is 65.1 Å². The maximum absolute atomic E-state index is 9.33. The number of nitrogens with two attached hydrogens (primary N) is 1. The number of anilines is 1. The van der Waals surface area contributed by atoms with Crippen molar-refractivity contribution in [2.24, 2.45) is 0 Å². The summed E-state index contributed by atoms with van der Waals surface area (Å²) in [7, 11) is 0. The largest absolute Gasteiger partial charge is 0.387 e. The third-order valence-electron chi connectivity index (χ3n) is 1.46. The van der Waals surface area contributed by atoms with Crippen molar-refractivity contribution in [3.63, 3.8) is 0 Å². The van der Waals surface area contributed by atoms with Gasteiger partial charge in [0.2, 0.25) is 0 Å². The van der Waals surface area contributed by atoms with Crippen molar-refractivity contribution in [1.82, 2.24) is 9.97 Å². The molecule has 0 fully saturated rings. The van der Waals surface area contributed by atoms with Crippen molar-refractivity contribution in [1.29, 1.82) is 0 Å². The molecule has 0 bridgehead atoms. The molecule has 1 aromatic rings. The Morgan fingerprint density at radius 3 is 2.73 bits per heavy atom. The van der Waals surface area contributed by atoms with E-state index in [-0.39, 0.29) is 0 Å². The van der Waals surface area contributed by atoms with Crippen molar-refractivity contribution >= 4 is 5.82 Å². The first kappa shape index (κ1) is 7.94. The summed E-state index contributed by atoms with van der Waals surface area (Å²) >= 11 is 0. The molecule has 11 heavy (non-hydrogen) atoms. The Morgan fingerprint density at radius 1 is 1.55 bits per heavy atom. The molecule has 0 radical (unpaired) electrons. The molecule has 1 heterocycles. The van der Waals surface area contributed by atoms with Crippen LogP contribution in [-0.2, 0) is 0 Å². The molecular weight excluding hydrogens is 142 g/mol. The van der Waals surface area contributed by atoms with Crippen LogP contribution >= 0.6 is 0 Å². The maximum atomic E-state index is 9.33. The highest BCUT2D eigenvalue weighted by molar-refractivity contribution is 5.34. The molecule has 0 saturated carbocycles. The van der Waals surface area contributed by atoms with Crippen LogP contribution in [0, 0.1) is 0 Å². The fourth-order valence-electron chi connectivity index (χ4n) is 0.810. The van der Waals surface area contributed by atoms with Crippen molar-refractivity contribution in [3.8, 4) is 0 Å². The highest BCUT2D eigenvalue weighted by Crippen LogP contribution is 2.16. The summed E-state index contributed by atoms with van der Waals surface area (Å²) in [5, 5.41) is 9.33. The van der Waals surface area contributed by atoms with Crippen LogP contribution in [-0.4, -0.2) is 15.1 Å². The van der Waals surface area contributed by atoms with Gasteiger partial charge in [-0.15, -0.1) is 0 Å². The third-order valence-corrected chi connectivity index (χ3v) is 1.46. The van der Waals surface area contributed by atoms with Gasteiger partial charge in [-0.1, -0.05) is 6.92 Å². The quantitative estimate of drug-likeness (QED) is 0.649. The van der Waals surface area contributed by atoms with E-state index in [1.807, 2.05) is 6.92 Å². The summed E-state index contributed by atoms with van der Waals surface area (Å²) in [4.78, 5) is 7.71. The lowest BCUT2D eigenvalue weighted by atomic mass is 10.2. The Kier molecular flexibility index (Phi) is 2.38. The number of aromatic nitrogens is 2. The van der Waals surface area contributed by atoms with Gasteiger partial charge < -0.3 is 10.8 Å². The van der Waals surface area contributed by atoms with Crippen LogP contribution in [0.3, 0.4) is 0 Å². The normalized spacial score (nSPS) is 12.9. The van der Waals surface area contributed by atoms with E-state index >= 15 is 0 Å². The molecule has 1 aromatic heterocycles. The first-order valence-corrected chi connectivity index (χ1v) is 3.50. The number of nitrogen functional groups attached to an aromatic ring is 1. The van der Waals surface area contributed by atoms with Crippen LogP contribution in [0.15, 0.2) is 12.4 Å². The van der Waals surface area contributed by atoms with Gasteiger partial charge >= 0.3 is 0 Å². The predicted octanol–water partition coefficient (Wildman–Crippen LogP) is 0.502. The van der Waals surface area contributed by atoms with Gasteiger partial charge in [0.25, 0.3) is 0 Å². The summed E-state index contributed by atoms with van der Waals surface area (Å²) in [6.45, 7) is 1.86. The van der Waals surface area contributed by atoms with E-state index in [0.717, 1.165) is 0 Å². The van der Waals surface area contributed by atoms with E-state index in [1.165, 1.54) is 12.4 Å². The molecule has 0 aliphatic rings. The predicted molar refractivity (Wildman–Crippen MR) is 41.7 cm³/mol. The molecule has 0 amide bonds. The van der Waals surface area contributed by atoms with Crippen LogP contribution in [0.4, 0.5) is 5.82 Å². The minimum atomic E-state index is -0.594. The molecule has 1 unspecified atom stereocenters. The maximum Gasteiger partial charge on any atom is 0.147 e. The molecule has 0 saturated heterocycles. The smallest absolute Gasteiger partial charge is 0.147 e. The van der Waals surface area contributed by atoms with E-state index in [1.54, 1.807) is 0 Å². The van der Waals surface area contributed by atoms with Crippen molar-refractivity contribution in [2.45, 2.75) is 19.4 Å². The Balaban J connectivity index is 2.93. The zero-order valence-corrected chi connectivity index (χ0v) is 6.36. The van der Waals surface area contributed by atoms with Crippen LogP contribution in [0.2, 0.25) is 0 Å². The van der Waals surface area contributed by atoms with Gasteiger partial charge in [0, 0.05) is 12.4 Å². The highest BCUT2D eigenvalue weighted by atomic mass is 16.3.